The predicted molar refractivity (Wildman–Crippen MR) is 39.3 cm³/mol. The van der Waals surface area contributed by atoms with E-state index in [9.17, 15) is 4.79 Å². The van der Waals surface area contributed by atoms with Crippen LogP contribution in [0.15, 0.2) is 0 Å². The largest absolute Gasteiger partial charge is 0.464 e. The van der Waals surface area contributed by atoms with Gasteiger partial charge in [0.15, 0.2) is 5.11 Å². The Balaban J connectivity index is 2.40. The summed E-state index contributed by atoms with van der Waals surface area (Å²) >= 11 is 4.54. The van der Waals surface area contributed by atoms with Crippen molar-refractivity contribution in [2.75, 3.05) is 6.61 Å². The smallest absolute Gasteiger partial charge is 0.328 e. The normalized spacial score (nSPS) is 24.0. The van der Waals surface area contributed by atoms with Gasteiger partial charge in [-0.05, 0) is 12.2 Å². The second kappa shape index (κ2) is 2.83. The minimum Gasteiger partial charge on any atom is -0.464 e. The zero-order chi connectivity index (χ0) is 7.56. The van der Waals surface area contributed by atoms with E-state index in [4.69, 9.17) is 5.73 Å². The molecular weight excluding hydrogens is 152 g/mol. The van der Waals surface area contributed by atoms with Gasteiger partial charge in [0.05, 0.1) is 6.61 Å². The van der Waals surface area contributed by atoms with Crippen molar-refractivity contribution in [1.29, 1.82) is 0 Å². The molecule has 0 aromatic rings. The molecule has 1 atom stereocenters. The fourth-order valence-corrected chi connectivity index (χ4v) is 0.941. The molecule has 0 bridgehead atoms. The average Bonchev–Trinajstić information content (AvgIpc) is 2.15. The Hall–Kier alpha value is -0.840. The van der Waals surface area contributed by atoms with Gasteiger partial charge in [0.1, 0.15) is 6.04 Å². The summed E-state index contributed by atoms with van der Waals surface area (Å²) in [6.07, 6.45) is 0.649. The Labute approximate surface area is 63.7 Å². The Morgan fingerprint density at radius 3 is 3.00 bits per heavy atom. The van der Waals surface area contributed by atoms with Gasteiger partial charge < -0.3 is 15.8 Å². The molecule has 4 nitrogen and oxygen atoms in total. The van der Waals surface area contributed by atoms with E-state index in [2.05, 4.69) is 22.3 Å². The van der Waals surface area contributed by atoms with E-state index >= 15 is 0 Å². The number of carbonyl (C=O) groups is 1. The van der Waals surface area contributed by atoms with Crippen LogP contribution in [0.25, 0.3) is 0 Å². The molecule has 0 aliphatic carbocycles. The molecule has 1 saturated heterocycles. The molecule has 1 unspecified atom stereocenters. The van der Waals surface area contributed by atoms with Crippen molar-refractivity contribution in [2.24, 2.45) is 5.73 Å². The molecule has 1 aliphatic rings. The fraction of sp³-hybridized carbons (Fsp3) is 0.600. The van der Waals surface area contributed by atoms with E-state index in [1.54, 1.807) is 0 Å². The SMILES string of the molecule is NC(=S)NC1CCOC1=O. The second-order valence-corrected chi connectivity index (χ2v) is 2.46. The quantitative estimate of drug-likeness (QED) is 0.386. The highest BCUT2D eigenvalue weighted by Gasteiger charge is 2.25. The van der Waals surface area contributed by atoms with Crippen LogP contribution < -0.4 is 11.1 Å². The van der Waals surface area contributed by atoms with E-state index in [1.807, 2.05) is 0 Å². The number of ether oxygens (including phenoxy) is 1. The van der Waals surface area contributed by atoms with Gasteiger partial charge >= 0.3 is 5.97 Å². The van der Waals surface area contributed by atoms with Gasteiger partial charge in [0.25, 0.3) is 0 Å². The molecule has 0 radical (unpaired) electrons. The number of hydrogen-bond acceptors (Lipinski definition) is 3. The van der Waals surface area contributed by atoms with Crippen molar-refractivity contribution < 1.29 is 9.53 Å². The second-order valence-electron chi connectivity index (χ2n) is 2.02. The van der Waals surface area contributed by atoms with Gasteiger partial charge in [0.2, 0.25) is 0 Å². The van der Waals surface area contributed by atoms with Crippen LogP contribution in [0.5, 0.6) is 0 Å². The average molecular weight is 160 g/mol. The standard InChI is InChI=1S/C5H8N2O2S/c6-5(10)7-3-1-2-9-4(3)8/h3H,1-2H2,(H3,6,7,10). The molecule has 5 heteroatoms. The van der Waals surface area contributed by atoms with Crippen molar-refractivity contribution in [3.05, 3.63) is 0 Å². The maximum atomic E-state index is 10.7. The highest BCUT2D eigenvalue weighted by atomic mass is 32.1. The predicted octanol–water partition coefficient (Wildman–Crippen LogP) is -0.865. The maximum absolute atomic E-state index is 10.7. The molecule has 0 aromatic heterocycles. The third-order valence-electron chi connectivity index (χ3n) is 1.25. The molecular formula is C5H8N2O2S. The van der Waals surface area contributed by atoms with E-state index in [-0.39, 0.29) is 17.1 Å². The Bertz CT molecular complexity index is 171. The number of hydrogen-bond donors (Lipinski definition) is 2. The summed E-state index contributed by atoms with van der Waals surface area (Å²) in [4.78, 5) is 10.7. The van der Waals surface area contributed by atoms with Gasteiger partial charge in [-0.2, -0.15) is 0 Å². The van der Waals surface area contributed by atoms with Crippen LogP contribution in [-0.2, 0) is 9.53 Å². The first-order valence-corrected chi connectivity index (χ1v) is 3.33. The highest BCUT2D eigenvalue weighted by molar-refractivity contribution is 7.80. The van der Waals surface area contributed by atoms with Crippen LogP contribution in [0.3, 0.4) is 0 Å². The molecule has 1 heterocycles. The lowest BCUT2D eigenvalue weighted by atomic mass is 10.2. The molecule has 0 amide bonds. The molecule has 10 heavy (non-hydrogen) atoms. The van der Waals surface area contributed by atoms with Crippen molar-refractivity contribution in [3.8, 4) is 0 Å². The number of rotatable bonds is 1. The van der Waals surface area contributed by atoms with Crippen LogP contribution >= 0.6 is 12.2 Å². The number of carbonyl (C=O) groups excluding carboxylic acids is 1. The topological polar surface area (TPSA) is 64.3 Å². The summed E-state index contributed by atoms with van der Waals surface area (Å²) in [5, 5.41) is 2.77. The summed E-state index contributed by atoms with van der Waals surface area (Å²) in [5.74, 6) is -0.271. The van der Waals surface area contributed by atoms with Gasteiger partial charge in [-0.3, -0.25) is 0 Å². The first-order valence-electron chi connectivity index (χ1n) is 2.93. The number of thiocarbonyl (C=S) groups is 1. The lowest BCUT2D eigenvalue weighted by Crippen LogP contribution is -2.40. The van der Waals surface area contributed by atoms with E-state index < -0.39 is 0 Å². The zero-order valence-corrected chi connectivity index (χ0v) is 6.11. The molecule has 0 aromatic carbocycles. The monoisotopic (exact) mass is 160 g/mol. The molecule has 0 saturated carbocycles. The lowest BCUT2D eigenvalue weighted by Gasteiger charge is -2.05. The van der Waals surface area contributed by atoms with E-state index in [0.29, 0.717) is 13.0 Å². The Kier molecular flexibility index (Phi) is 2.06. The summed E-state index contributed by atoms with van der Waals surface area (Å²) < 4.78 is 4.65. The minimum absolute atomic E-state index is 0.142. The summed E-state index contributed by atoms with van der Waals surface area (Å²) in [6.45, 7) is 0.457. The molecule has 3 N–H and O–H groups in total. The summed E-state index contributed by atoms with van der Waals surface area (Å²) in [6, 6.07) is -0.322. The Morgan fingerprint density at radius 2 is 2.60 bits per heavy atom. The summed E-state index contributed by atoms with van der Waals surface area (Å²) in [5.41, 5.74) is 5.15. The molecule has 1 fully saturated rings. The number of esters is 1. The zero-order valence-electron chi connectivity index (χ0n) is 5.29. The van der Waals surface area contributed by atoms with Crippen molar-refractivity contribution >= 4 is 23.3 Å². The van der Waals surface area contributed by atoms with Gasteiger partial charge in [-0.25, -0.2) is 4.79 Å². The van der Waals surface area contributed by atoms with E-state index in [1.165, 1.54) is 0 Å². The molecule has 56 valence electrons. The fourth-order valence-electron chi connectivity index (χ4n) is 0.799. The van der Waals surface area contributed by atoms with Crippen LogP contribution in [0.1, 0.15) is 6.42 Å². The minimum atomic E-state index is -0.322. The number of nitrogens with one attached hydrogen (secondary N) is 1. The maximum Gasteiger partial charge on any atom is 0.328 e. The third kappa shape index (κ3) is 1.57. The van der Waals surface area contributed by atoms with Gasteiger partial charge in [0, 0.05) is 6.42 Å². The Morgan fingerprint density at radius 1 is 1.90 bits per heavy atom. The van der Waals surface area contributed by atoms with Crippen LogP contribution in [0.4, 0.5) is 0 Å². The number of nitrogens with two attached hydrogens (primary N) is 1. The lowest BCUT2D eigenvalue weighted by molar-refractivity contribution is -0.139. The van der Waals surface area contributed by atoms with Crippen molar-refractivity contribution in [2.45, 2.75) is 12.5 Å². The number of cyclic esters (lactones) is 1. The van der Waals surface area contributed by atoms with E-state index in [0.717, 1.165) is 0 Å². The van der Waals surface area contributed by atoms with Gasteiger partial charge in [-0.15, -0.1) is 0 Å². The van der Waals surface area contributed by atoms with Crippen molar-refractivity contribution in [3.63, 3.8) is 0 Å². The van der Waals surface area contributed by atoms with Crippen LogP contribution in [0.2, 0.25) is 0 Å². The summed E-state index contributed by atoms with van der Waals surface area (Å²) in [7, 11) is 0. The van der Waals surface area contributed by atoms with Crippen LogP contribution in [0, 0.1) is 0 Å². The third-order valence-corrected chi connectivity index (χ3v) is 1.37. The molecule has 1 rings (SSSR count). The van der Waals surface area contributed by atoms with Crippen molar-refractivity contribution in [1.82, 2.24) is 5.32 Å². The van der Waals surface area contributed by atoms with Crippen LogP contribution in [-0.4, -0.2) is 23.7 Å². The first-order chi connectivity index (χ1) is 4.70. The molecule has 0 spiro atoms. The van der Waals surface area contributed by atoms with Gasteiger partial charge in [-0.1, -0.05) is 0 Å². The molecule has 1 aliphatic heterocycles. The highest BCUT2D eigenvalue weighted by Crippen LogP contribution is 2.04. The first kappa shape index (κ1) is 7.27.